The smallest absolute Gasteiger partial charge is 0.410 e. The third-order valence-electron chi connectivity index (χ3n) is 8.57. The van der Waals surface area contributed by atoms with Crippen LogP contribution in [0.2, 0.25) is 0 Å². The molecule has 2 rings (SSSR count). The number of ether oxygens (including phenoxy) is 2. The number of likely N-dealkylation sites (tertiary alicyclic amines) is 1. The number of hydrogen-bond acceptors (Lipinski definition) is 11. The van der Waals surface area contributed by atoms with E-state index >= 15 is 0 Å². The maximum atomic E-state index is 13.3. The molecule has 0 saturated carbocycles. The number of unbranched alkanes of at least 4 members (excludes halogenated alkanes) is 2. The first-order valence-electron chi connectivity index (χ1n) is 18.3. The molecule has 0 aromatic heterocycles. The van der Waals surface area contributed by atoms with Crippen LogP contribution in [0.5, 0.6) is 5.75 Å². The van der Waals surface area contributed by atoms with Gasteiger partial charge in [0, 0.05) is 25.3 Å². The number of nitrogens with two attached hydrogens (primary N) is 2. The number of carbonyl (C=O) groups excluding carboxylic acids is 5. The summed E-state index contributed by atoms with van der Waals surface area (Å²) >= 11 is 4.13. The Morgan fingerprint density at radius 3 is 2.11 bits per heavy atom. The molecule has 1 fully saturated rings. The first-order chi connectivity index (χ1) is 25.1. The van der Waals surface area contributed by atoms with Gasteiger partial charge in [-0.05, 0) is 95.9 Å². The number of piperidine rings is 1. The van der Waals surface area contributed by atoms with Gasteiger partial charge in [0.2, 0.25) is 23.6 Å². The lowest BCUT2D eigenvalue weighted by Gasteiger charge is -2.33. The Balaban J connectivity index is 1.85. The van der Waals surface area contributed by atoms with Crippen LogP contribution in [0.15, 0.2) is 24.3 Å². The molecular weight excluding hydrogens is 707 g/mol. The first-order valence-corrected chi connectivity index (χ1v) is 18.9. The minimum absolute atomic E-state index is 0.0125. The van der Waals surface area contributed by atoms with E-state index < -0.39 is 59.9 Å². The monoisotopic (exact) mass is 765 g/mol. The van der Waals surface area contributed by atoms with Gasteiger partial charge in [-0.25, -0.2) is 9.59 Å². The molecule has 1 aliphatic heterocycles. The van der Waals surface area contributed by atoms with Gasteiger partial charge in [-0.15, -0.1) is 0 Å². The third kappa shape index (κ3) is 18.0. The zero-order valence-corrected chi connectivity index (χ0v) is 32.1. The number of benzene rings is 1. The number of rotatable bonds is 22. The highest BCUT2D eigenvalue weighted by Gasteiger charge is 2.30. The minimum atomic E-state index is -1.29. The Kier molecular flexibility index (Phi) is 20.0. The van der Waals surface area contributed by atoms with E-state index in [2.05, 4.69) is 33.9 Å². The van der Waals surface area contributed by atoms with Crippen molar-refractivity contribution in [1.82, 2.24) is 26.2 Å². The average molecular weight is 766 g/mol. The summed E-state index contributed by atoms with van der Waals surface area (Å²) < 4.78 is 11.4. The number of nitrogens with zero attached hydrogens (tertiary/aromatic N) is 1. The van der Waals surface area contributed by atoms with Crippen LogP contribution >= 0.6 is 12.6 Å². The van der Waals surface area contributed by atoms with E-state index in [1.807, 2.05) is 20.8 Å². The van der Waals surface area contributed by atoms with Gasteiger partial charge in [-0.2, -0.15) is 12.6 Å². The van der Waals surface area contributed by atoms with Gasteiger partial charge < -0.3 is 52.2 Å². The fourth-order valence-electron chi connectivity index (χ4n) is 5.61. The number of nitrogens with one attached hydrogen (secondary N) is 4. The zero-order valence-electron chi connectivity index (χ0n) is 31.2. The number of carboxylic acids is 1. The van der Waals surface area contributed by atoms with Crippen LogP contribution in [-0.2, 0) is 35.1 Å². The number of carboxylic acid groups (broad SMARTS) is 1. The lowest BCUT2D eigenvalue weighted by molar-refractivity contribution is -0.142. The van der Waals surface area contributed by atoms with Crippen molar-refractivity contribution in [2.75, 3.05) is 45.1 Å². The summed E-state index contributed by atoms with van der Waals surface area (Å²) in [6.45, 7) is 7.21. The van der Waals surface area contributed by atoms with Crippen molar-refractivity contribution in [3.8, 4) is 5.75 Å². The zero-order chi connectivity index (χ0) is 39.4. The van der Waals surface area contributed by atoms with Crippen molar-refractivity contribution in [3.63, 3.8) is 0 Å². The molecule has 16 nitrogen and oxygen atoms in total. The quantitative estimate of drug-likeness (QED) is 0.0614. The average Bonchev–Trinajstić information content (AvgIpc) is 3.11. The molecule has 53 heavy (non-hydrogen) atoms. The topological polar surface area (TPSA) is 245 Å². The van der Waals surface area contributed by atoms with E-state index in [9.17, 15) is 33.9 Å². The first kappa shape index (κ1) is 45.1. The molecule has 1 aliphatic rings. The predicted molar refractivity (Wildman–Crippen MR) is 202 cm³/mol. The lowest BCUT2D eigenvalue weighted by atomic mass is 9.92. The molecule has 0 spiro atoms. The molecule has 17 heteroatoms. The van der Waals surface area contributed by atoms with Crippen LogP contribution in [0.1, 0.15) is 77.7 Å². The van der Waals surface area contributed by atoms with Crippen LogP contribution in [-0.4, -0.2) is 115 Å². The van der Waals surface area contributed by atoms with Gasteiger partial charge in [0.15, 0.2) is 0 Å². The molecule has 0 aliphatic carbocycles. The summed E-state index contributed by atoms with van der Waals surface area (Å²) in [5, 5.41) is 19.8. The van der Waals surface area contributed by atoms with Crippen molar-refractivity contribution in [2.45, 2.75) is 102 Å². The van der Waals surface area contributed by atoms with Gasteiger partial charge >= 0.3 is 12.1 Å². The summed E-state index contributed by atoms with van der Waals surface area (Å²) in [7, 11) is 0. The minimum Gasteiger partial charge on any atom is -0.494 e. The van der Waals surface area contributed by atoms with E-state index in [1.165, 1.54) is 0 Å². The summed E-state index contributed by atoms with van der Waals surface area (Å²) in [5.74, 6) is -2.74. The summed E-state index contributed by atoms with van der Waals surface area (Å²) in [6, 6.07) is 3.48. The second-order valence-corrected chi connectivity index (χ2v) is 14.5. The van der Waals surface area contributed by atoms with E-state index in [4.69, 9.17) is 20.9 Å². The normalized spacial score (nSPS) is 15.0. The van der Waals surface area contributed by atoms with Crippen molar-refractivity contribution < 1.29 is 43.3 Å². The lowest BCUT2D eigenvalue weighted by Crippen LogP contribution is -2.57. The Morgan fingerprint density at radius 2 is 1.53 bits per heavy atom. The van der Waals surface area contributed by atoms with Crippen LogP contribution in [0.25, 0.3) is 0 Å². The number of aliphatic carboxylic acids is 1. The third-order valence-corrected chi connectivity index (χ3v) is 8.93. The van der Waals surface area contributed by atoms with Crippen molar-refractivity contribution in [2.24, 2.45) is 17.4 Å². The molecule has 9 N–H and O–H groups in total. The van der Waals surface area contributed by atoms with Crippen molar-refractivity contribution in [3.05, 3.63) is 29.8 Å². The SMILES string of the molecule is CC(C)(C)OC(=O)N1CCC(CCCCOc2ccc(C[C@H](NC(=O)[C@H](CCCCN)NC(=O)[C@H](CS)NC(=O)CNC(=O)CN)C(=O)O)cc2)CC1. The molecule has 1 saturated heterocycles. The molecule has 298 valence electrons. The second-order valence-electron chi connectivity index (χ2n) is 14.1. The largest absolute Gasteiger partial charge is 0.494 e. The van der Waals surface area contributed by atoms with Gasteiger partial charge in [0.05, 0.1) is 19.7 Å². The maximum Gasteiger partial charge on any atom is 0.410 e. The molecular formula is C36H59N7O9S. The highest BCUT2D eigenvalue weighted by molar-refractivity contribution is 7.80. The summed E-state index contributed by atoms with van der Waals surface area (Å²) in [6.07, 6.45) is 5.82. The molecule has 0 radical (unpaired) electrons. The number of amides is 5. The molecule has 1 aromatic carbocycles. The molecule has 0 bridgehead atoms. The summed E-state index contributed by atoms with van der Waals surface area (Å²) in [4.78, 5) is 76.1. The molecule has 0 unspecified atom stereocenters. The Hall–Kier alpha value is -4.09. The highest BCUT2D eigenvalue weighted by atomic mass is 32.1. The fourth-order valence-corrected chi connectivity index (χ4v) is 5.87. The van der Waals surface area contributed by atoms with Crippen LogP contribution < -0.4 is 37.5 Å². The Morgan fingerprint density at radius 1 is 0.887 bits per heavy atom. The molecule has 1 aromatic rings. The van der Waals surface area contributed by atoms with E-state index in [-0.39, 0.29) is 31.2 Å². The van der Waals surface area contributed by atoms with Gasteiger partial charge in [-0.3, -0.25) is 19.2 Å². The van der Waals surface area contributed by atoms with E-state index in [1.54, 1.807) is 29.2 Å². The summed E-state index contributed by atoms with van der Waals surface area (Å²) in [5.41, 5.74) is 11.0. The van der Waals surface area contributed by atoms with Gasteiger partial charge in [0.25, 0.3) is 0 Å². The van der Waals surface area contributed by atoms with Gasteiger partial charge in [0.1, 0.15) is 29.5 Å². The van der Waals surface area contributed by atoms with E-state index in [0.29, 0.717) is 56.3 Å². The van der Waals surface area contributed by atoms with Crippen LogP contribution in [0.4, 0.5) is 4.79 Å². The van der Waals surface area contributed by atoms with Crippen LogP contribution in [0, 0.1) is 5.92 Å². The Bertz CT molecular complexity index is 1340. The fraction of sp³-hybridized carbons (Fsp3) is 0.667. The number of thiol groups is 1. The highest BCUT2D eigenvalue weighted by Crippen LogP contribution is 2.24. The predicted octanol–water partition coefficient (Wildman–Crippen LogP) is 1.10. The van der Waals surface area contributed by atoms with Gasteiger partial charge in [-0.1, -0.05) is 18.6 Å². The molecule has 5 amide bonds. The maximum absolute atomic E-state index is 13.3. The van der Waals surface area contributed by atoms with E-state index in [0.717, 1.165) is 32.1 Å². The second kappa shape index (κ2) is 23.5. The molecule has 3 atom stereocenters. The van der Waals surface area contributed by atoms with Crippen LogP contribution in [0.3, 0.4) is 0 Å². The molecule has 1 heterocycles. The number of carbonyl (C=O) groups is 6. The number of hydrogen-bond donors (Lipinski definition) is 8. The van der Waals surface area contributed by atoms with Crippen molar-refractivity contribution in [1.29, 1.82) is 0 Å². The van der Waals surface area contributed by atoms with Crippen molar-refractivity contribution >= 4 is 48.3 Å². The standard InChI is InChI=1S/C36H59N7O9S/c1-36(2,3)52-35(50)43-17-14-24(15-18-43)8-5-7-19-51-26-12-10-25(11-13-26)20-28(34(48)49)42-32(46)27(9-4-6-16-37)41-33(47)29(23-53)40-31(45)22-39-30(44)21-38/h10-13,24,27-29,53H,4-9,14-23,37-38H2,1-3H3,(H,39,44)(H,40,45)(H,41,47)(H,42,46)(H,48,49)/t27-,28-,29-/m0/s1. The Labute approximate surface area is 317 Å².